The summed E-state index contributed by atoms with van der Waals surface area (Å²) in [6, 6.07) is 2.04. The van der Waals surface area contributed by atoms with Crippen molar-refractivity contribution in [1.82, 2.24) is 10.2 Å². The highest BCUT2D eigenvalue weighted by Gasteiger charge is 2.30. The summed E-state index contributed by atoms with van der Waals surface area (Å²) in [5, 5.41) is 11.9. The van der Waals surface area contributed by atoms with E-state index in [4.69, 9.17) is 10.00 Å². The molecular formula is C15H23N3O3. The number of amides is 2. The summed E-state index contributed by atoms with van der Waals surface area (Å²) in [4.78, 5) is 25.1. The zero-order chi connectivity index (χ0) is 16.0. The lowest BCUT2D eigenvalue weighted by Crippen LogP contribution is -2.37. The zero-order valence-electron chi connectivity index (χ0n) is 13.2. The van der Waals surface area contributed by atoms with E-state index in [2.05, 4.69) is 5.32 Å². The molecule has 0 spiro atoms. The first-order valence-electron chi connectivity index (χ1n) is 7.16. The Labute approximate surface area is 125 Å². The molecule has 2 amide bonds. The highest BCUT2D eigenvalue weighted by atomic mass is 16.6. The number of nitrogens with one attached hydrogen (secondary N) is 1. The van der Waals surface area contributed by atoms with Crippen molar-refractivity contribution in [3.63, 3.8) is 0 Å². The quantitative estimate of drug-likeness (QED) is 0.862. The van der Waals surface area contributed by atoms with Crippen LogP contribution in [0.15, 0.2) is 11.3 Å². The Morgan fingerprint density at radius 1 is 1.38 bits per heavy atom. The van der Waals surface area contributed by atoms with Crippen molar-refractivity contribution < 1.29 is 14.3 Å². The SMILES string of the molecule is CCCCC(=O)NC1=C(C#N)CN(C(=O)OC(C)(C)C)C1. The van der Waals surface area contributed by atoms with E-state index in [1.54, 1.807) is 20.8 Å². The van der Waals surface area contributed by atoms with E-state index in [1.807, 2.05) is 13.0 Å². The first-order valence-corrected chi connectivity index (χ1v) is 7.16. The Hall–Kier alpha value is -2.03. The molecule has 116 valence electrons. The topological polar surface area (TPSA) is 82.4 Å². The van der Waals surface area contributed by atoms with E-state index in [9.17, 15) is 9.59 Å². The summed E-state index contributed by atoms with van der Waals surface area (Å²) in [7, 11) is 0. The summed E-state index contributed by atoms with van der Waals surface area (Å²) in [5.74, 6) is -0.120. The molecule has 0 aliphatic carbocycles. The summed E-state index contributed by atoms with van der Waals surface area (Å²) >= 11 is 0. The van der Waals surface area contributed by atoms with Crippen molar-refractivity contribution in [2.45, 2.75) is 52.6 Å². The van der Waals surface area contributed by atoms with Gasteiger partial charge in [-0.2, -0.15) is 5.26 Å². The van der Waals surface area contributed by atoms with Crippen LogP contribution in [0.25, 0.3) is 0 Å². The largest absolute Gasteiger partial charge is 0.444 e. The maximum Gasteiger partial charge on any atom is 0.410 e. The van der Waals surface area contributed by atoms with E-state index in [0.717, 1.165) is 12.8 Å². The molecule has 0 saturated heterocycles. The molecule has 0 aromatic carbocycles. The molecule has 0 atom stereocenters. The van der Waals surface area contributed by atoms with Gasteiger partial charge in [0.05, 0.1) is 30.4 Å². The number of hydrogen-bond donors (Lipinski definition) is 1. The van der Waals surface area contributed by atoms with E-state index in [0.29, 0.717) is 17.7 Å². The van der Waals surface area contributed by atoms with Crippen LogP contribution in [-0.2, 0) is 9.53 Å². The third-order valence-corrected chi connectivity index (χ3v) is 2.90. The molecule has 0 aromatic rings. The number of ether oxygens (including phenoxy) is 1. The maximum absolute atomic E-state index is 12.0. The summed E-state index contributed by atoms with van der Waals surface area (Å²) in [5.41, 5.74) is 0.326. The molecule has 0 radical (unpaired) electrons. The first kappa shape index (κ1) is 17.0. The Bertz CT molecular complexity index is 483. The average Bonchev–Trinajstić information content (AvgIpc) is 2.77. The second-order valence-corrected chi connectivity index (χ2v) is 6.06. The molecule has 1 heterocycles. The van der Waals surface area contributed by atoms with Crippen LogP contribution in [-0.4, -0.2) is 35.6 Å². The van der Waals surface area contributed by atoms with Crippen molar-refractivity contribution in [2.24, 2.45) is 0 Å². The van der Waals surface area contributed by atoms with Gasteiger partial charge in [-0.3, -0.25) is 9.69 Å². The predicted molar refractivity (Wildman–Crippen MR) is 78.1 cm³/mol. The Morgan fingerprint density at radius 2 is 2.05 bits per heavy atom. The van der Waals surface area contributed by atoms with Gasteiger partial charge >= 0.3 is 6.09 Å². The smallest absolute Gasteiger partial charge is 0.410 e. The number of unbranched alkanes of at least 4 members (excludes halogenated alkanes) is 1. The summed E-state index contributed by atoms with van der Waals surface area (Å²) < 4.78 is 5.27. The van der Waals surface area contributed by atoms with Crippen molar-refractivity contribution in [3.8, 4) is 6.07 Å². The number of carbonyl (C=O) groups excluding carboxylic acids is 2. The van der Waals surface area contributed by atoms with Gasteiger partial charge in [0.25, 0.3) is 0 Å². The highest BCUT2D eigenvalue weighted by molar-refractivity contribution is 5.79. The van der Waals surface area contributed by atoms with Gasteiger partial charge in [0.2, 0.25) is 5.91 Å². The van der Waals surface area contributed by atoms with Gasteiger partial charge in [-0.15, -0.1) is 0 Å². The van der Waals surface area contributed by atoms with Crippen molar-refractivity contribution in [2.75, 3.05) is 13.1 Å². The standard InChI is InChI=1S/C15H23N3O3/c1-5-6-7-13(19)17-12-10-18(9-11(12)8-16)14(20)21-15(2,3)4/h5-7,9-10H2,1-4H3,(H,17,19). The first-order chi connectivity index (χ1) is 9.76. The minimum atomic E-state index is -0.586. The molecule has 0 fully saturated rings. The van der Waals surface area contributed by atoms with Gasteiger partial charge in [-0.25, -0.2) is 4.79 Å². The fourth-order valence-electron chi connectivity index (χ4n) is 1.87. The van der Waals surface area contributed by atoms with Crippen LogP contribution in [0.4, 0.5) is 4.79 Å². The van der Waals surface area contributed by atoms with E-state index in [-0.39, 0.29) is 19.0 Å². The van der Waals surface area contributed by atoms with Gasteiger partial charge in [-0.05, 0) is 27.2 Å². The molecule has 1 rings (SSSR count). The molecule has 0 unspecified atom stereocenters. The van der Waals surface area contributed by atoms with Gasteiger partial charge in [0.1, 0.15) is 5.60 Å². The third kappa shape index (κ3) is 5.46. The van der Waals surface area contributed by atoms with Crippen molar-refractivity contribution in [3.05, 3.63) is 11.3 Å². The van der Waals surface area contributed by atoms with Crippen LogP contribution < -0.4 is 5.32 Å². The lowest BCUT2D eigenvalue weighted by Gasteiger charge is -2.24. The third-order valence-electron chi connectivity index (χ3n) is 2.90. The Kier molecular flexibility index (Phi) is 5.77. The summed E-state index contributed by atoms with van der Waals surface area (Å²) in [6.45, 7) is 7.74. The average molecular weight is 293 g/mol. The van der Waals surface area contributed by atoms with Crippen LogP contribution in [0.5, 0.6) is 0 Å². The van der Waals surface area contributed by atoms with Gasteiger partial charge in [0.15, 0.2) is 0 Å². The molecular weight excluding hydrogens is 270 g/mol. The lowest BCUT2D eigenvalue weighted by atomic mass is 10.2. The second kappa shape index (κ2) is 7.11. The monoisotopic (exact) mass is 293 g/mol. The molecule has 0 saturated carbocycles. The Morgan fingerprint density at radius 3 is 2.57 bits per heavy atom. The van der Waals surface area contributed by atoms with Crippen LogP contribution in [0.3, 0.4) is 0 Å². The minimum Gasteiger partial charge on any atom is -0.444 e. The van der Waals surface area contributed by atoms with Crippen molar-refractivity contribution >= 4 is 12.0 Å². The molecule has 0 bridgehead atoms. The molecule has 1 N–H and O–H groups in total. The van der Waals surface area contributed by atoms with Crippen LogP contribution in [0.1, 0.15) is 47.0 Å². The minimum absolute atomic E-state index is 0.120. The number of carbonyl (C=O) groups is 2. The predicted octanol–water partition coefficient (Wildman–Crippen LogP) is 2.32. The lowest BCUT2D eigenvalue weighted by molar-refractivity contribution is -0.120. The van der Waals surface area contributed by atoms with Crippen LogP contribution in [0, 0.1) is 11.3 Å². The molecule has 6 nitrogen and oxygen atoms in total. The van der Waals surface area contributed by atoms with E-state index in [1.165, 1.54) is 4.90 Å². The molecule has 6 heteroatoms. The molecule has 21 heavy (non-hydrogen) atoms. The second-order valence-electron chi connectivity index (χ2n) is 6.06. The number of rotatable bonds is 4. The van der Waals surface area contributed by atoms with Crippen LogP contribution in [0.2, 0.25) is 0 Å². The molecule has 1 aliphatic rings. The van der Waals surface area contributed by atoms with Crippen molar-refractivity contribution in [1.29, 1.82) is 5.26 Å². The number of hydrogen-bond acceptors (Lipinski definition) is 4. The molecule has 0 aromatic heterocycles. The fourth-order valence-corrected chi connectivity index (χ4v) is 1.87. The molecule has 1 aliphatic heterocycles. The number of nitriles is 1. The van der Waals surface area contributed by atoms with Gasteiger partial charge in [0, 0.05) is 6.42 Å². The maximum atomic E-state index is 12.0. The fraction of sp³-hybridized carbons (Fsp3) is 0.667. The van der Waals surface area contributed by atoms with E-state index < -0.39 is 11.7 Å². The number of nitrogens with zero attached hydrogens (tertiary/aromatic N) is 2. The van der Waals surface area contributed by atoms with E-state index >= 15 is 0 Å². The summed E-state index contributed by atoms with van der Waals surface area (Å²) in [6.07, 6.45) is 1.68. The van der Waals surface area contributed by atoms with Gasteiger partial charge < -0.3 is 10.1 Å². The zero-order valence-corrected chi connectivity index (χ0v) is 13.2. The Balaban J connectivity index is 2.63. The normalized spacial score (nSPS) is 14.9. The highest BCUT2D eigenvalue weighted by Crippen LogP contribution is 2.18. The van der Waals surface area contributed by atoms with Crippen LogP contribution >= 0.6 is 0 Å². The van der Waals surface area contributed by atoms with Gasteiger partial charge in [-0.1, -0.05) is 13.3 Å².